The van der Waals surface area contributed by atoms with Gasteiger partial charge in [0.1, 0.15) is 0 Å². The van der Waals surface area contributed by atoms with Crippen molar-refractivity contribution in [1.82, 2.24) is 10.7 Å². The average molecular weight is 464 g/mol. The number of methoxy groups -OCH3 is 2. The van der Waals surface area contributed by atoms with E-state index in [-0.39, 0.29) is 13.3 Å². The van der Waals surface area contributed by atoms with Crippen LogP contribution in [0.5, 0.6) is 23.0 Å². The highest BCUT2D eigenvalue weighted by molar-refractivity contribution is 9.10. The van der Waals surface area contributed by atoms with Crippen molar-refractivity contribution in [2.24, 2.45) is 5.10 Å². The molecule has 0 aliphatic carbocycles. The Morgan fingerprint density at radius 1 is 1.14 bits per heavy atom. The molecule has 0 saturated heterocycles. The van der Waals surface area contributed by atoms with Crippen molar-refractivity contribution in [1.29, 1.82) is 0 Å². The van der Waals surface area contributed by atoms with Gasteiger partial charge in [-0.1, -0.05) is 0 Å². The van der Waals surface area contributed by atoms with Crippen molar-refractivity contribution in [3.8, 4) is 23.0 Å². The summed E-state index contributed by atoms with van der Waals surface area (Å²) in [7, 11) is 2.98. The van der Waals surface area contributed by atoms with E-state index >= 15 is 0 Å². The standard InChI is InChI=1S/C19H18BrN3O6/c1-26-14-4-3-11(5-15(14)27-2)19(25)21-9-18(24)23-22-8-12-6-16-17(7-13(12)20)29-10-28-16/h3-8H,9-10H2,1-2H3,(H,21,25)(H,23,24)/b22-8-. The molecule has 0 fully saturated rings. The molecule has 2 N–H and O–H groups in total. The Morgan fingerprint density at radius 2 is 1.86 bits per heavy atom. The molecule has 29 heavy (non-hydrogen) atoms. The molecule has 10 heteroatoms. The summed E-state index contributed by atoms with van der Waals surface area (Å²) in [6.45, 7) is -0.0777. The van der Waals surface area contributed by atoms with E-state index in [1.165, 1.54) is 26.5 Å². The average Bonchev–Trinajstić information content (AvgIpc) is 3.18. The number of benzene rings is 2. The first kappa shape index (κ1) is 20.5. The summed E-state index contributed by atoms with van der Waals surface area (Å²) in [4.78, 5) is 24.1. The van der Waals surface area contributed by atoms with Crippen LogP contribution in [0.3, 0.4) is 0 Å². The van der Waals surface area contributed by atoms with E-state index in [9.17, 15) is 9.59 Å². The first-order valence-electron chi connectivity index (χ1n) is 8.43. The molecule has 9 nitrogen and oxygen atoms in total. The lowest BCUT2D eigenvalue weighted by Crippen LogP contribution is -2.34. The van der Waals surface area contributed by atoms with Crippen LogP contribution in [0, 0.1) is 0 Å². The van der Waals surface area contributed by atoms with Gasteiger partial charge in [-0.2, -0.15) is 5.10 Å². The van der Waals surface area contributed by atoms with Gasteiger partial charge >= 0.3 is 0 Å². The number of halogens is 1. The molecular formula is C19H18BrN3O6. The highest BCUT2D eigenvalue weighted by Gasteiger charge is 2.16. The van der Waals surface area contributed by atoms with Gasteiger partial charge in [0.05, 0.1) is 27.0 Å². The molecule has 0 spiro atoms. The minimum atomic E-state index is -0.480. The summed E-state index contributed by atoms with van der Waals surface area (Å²) in [6.07, 6.45) is 1.46. The SMILES string of the molecule is COc1ccc(C(=O)NCC(=O)N/N=C\c2cc3c(cc2Br)OCO3)cc1OC. The third-order valence-corrected chi connectivity index (χ3v) is 4.63. The fourth-order valence-corrected chi connectivity index (χ4v) is 2.91. The fraction of sp³-hybridized carbons (Fsp3) is 0.211. The van der Waals surface area contributed by atoms with Crippen LogP contribution in [0.4, 0.5) is 0 Å². The first-order valence-corrected chi connectivity index (χ1v) is 9.22. The van der Waals surface area contributed by atoms with Gasteiger partial charge in [0.2, 0.25) is 6.79 Å². The topological polar surface area (TPSA) is 107 Å². The molecule has 152 valence electrons. The normalized spacial score (nSPS) is 12.0. The van der Waals surface area contributed by atoms with Gasteiger partial charge in [0.25, 0.3) is 11.8 Å². The molecule has 0 aromatic heterocycles. The van der Waals surface area contributed by atoms with E-state index in [0.717, 1.165) is 4.47 Å². The van der Waals surface area contributed by atoms with Crippen molar-refractivity contribution in [3.63, 3.8) is 0 Å². The minimum absolute atomic E-state index is 0.166. The Bertz CT molecular complexity index is 963. The van der Waals surface area contributed by atoms with E-state index in [2.05, 4.69) is 31.8 Å². The monoisotopic (exact) mass is 463 g/mol. The van der Waals surface area contributed by atoms with Crippen molar-refractivity contribution >= 4 is 34.0 Å². The molecule has 2 aromatic rings. The smallest absolute Gasteiger partial charge is 0.259 e. The van der Waals surface area contributed by atoms with Crippen LogP contribution < -0.4 is 29.7 Å². The Balaban J connectivity index is 1.52. The molecule has 0 unspecified atom stereocenters. The maximum Gasteiger partial charge on any atom is 0.259 e. The molecule has 2 amide bonds. The van der Waals surface area contributed by atoms with Gasteiger partial charge in [-0.15, -0.1) is 0 Å². The number of carbonyl (C=O) groups excluding carboxylic acids is 2. The number of carbonyl (C=O) groups is 2. The molecule has 1 aliphatic heterocycles. The number of fused-ring (bicyclic) bond motifs is 1. The molecular weight excluding hydrogens is 446 g/mol. The summed E-state index contributed by atoms with van der Waals surface area (Å²) in [6, 6.07) is 8.21. The largest absolute Gasteiger partial charge is 0.493 e. The zero-order valence-corrected chi connectivity index (χ0v) is 17.2. The number of nitrogens with one attached hydrogen (secondary N) is 2. The predicted octanol–water partition coefficient (Wildman–Crippen LogP) is 2.08. The van der Waals surface area contributed by atoms with Gasteiger partial charge in [-0.3, -0.25) is 9.59 Å². The van der Waals surface area contributed by atoms with E-state index in [4.69, 9.17) is 18.9 Å². The summed E-state index contributed by atoms with van der Waals surface area (Å²) in [5.41, 5.74) is 3.39. The maximum atomic E-state index is 12.2. The molecule has 0 bridgehead atoms. The lowest BCUT2D eigenvalue weighted by Gasteiger charge is -2.09. The second-order valence-corrected chi connectivity index (χ2v) is 6.63. The Labute approximate surface area is 175 Å². The summed E-state index contributed by atoms with van der Waals surface area (Å²) < 4.78 is 21.6. The van der Waals surface area contributed by atoms with Gasteiger partial charge in [-0.25, -0.2) is 5.43 Å². The number of hydrogen-bond donors (Lipinski definition) is 2. The lowest BCUT2D eigenvalue weighted by molar-refractivity contribution is -0.120. The molecule has 3 rings (SSSR count). The van der Waals surface area contributed by atoms with E-state index in [0.29, 0.717) is 34.1 Å². The number of rotatable bonds is 7. The van der Waals surface area contributed by atoms with Crippen molar-refractivity contribution in [2.45, 2.75) is 0 Å². The number of nitrogens with zero attached hydrogens (tertiary/aromatic N) is 1. The fourth-order valence-electron chi connectivity index (χ4n) is 2.49. The van der Waals surface area contributed by atoms with Crippen LogP contribution >= 0.6 is 15.9 Å². The predicted molar refractivity (Wildman–Crippen MR) is 108 cm³/mol. The quantitative estimate of drug-likeness (QED) is 0.480. The van der Waals surface area contributed by atoms with E-state index in [1.54, 1.807) is 24.3 Å². The number of amides is 2. The highest BCUT2D eigenvalue weighted by atomic mass is 79.9. The molecule has 0 atom stereocenters. The zero-order chi connectivity index (χ0) is 20.8. The van der Waals surface area contributed by atoms with Crippen molar-refractivity contribution in [3.05, 3.63) is 45.9 Å². The zero-order valence-electron chi connectivity index (χ0n) is 15.7. The summed E-state index contributed by atoms with van der Waals surface area (Å²) in [5.74, 6) is 1.25. The first-order chi connectivity index (χ1) is 14.0. The van der Waals surface area contributed by atoms with Crippen LogP contribution in [0.25, 0.3) is 0 Å². The summed E-state index contributed by atoms with van der Waals surface area (Å²) >= 11 is 3.40. The third-order valence-electron chi connectivity index (χ3n) is 3.94. The Kier molecular flexibility index (Phi) is 6.55. The molecule has 0 saturated carbocycles. The lowest BCUT2D eigenvalue weighted by atomic mass is 10.2. The van der Waals surface area contributed by atoms with Crippen LogP contribution in [-0.4, -0.2) is 45.6 Å². The van der Waals surface area contributed by atoms with E-state index in [1.807, 2.05) is 0 Å². The van der Waals surface area contributed by atoms with E-state index < -0.39 is 11.8 Å². The van der Waals surface area contributed by atoms with Gasteiger partial charge in [0, 0.05) is 15.6 Å². The van der Waals surface area contributed by atoms with Gasteiger partial charge in [0.15, 0.2) is 23.0 Å². The number of ether oxygens (including phenoxy) is 4. The molecule has 2 aromatic carbocycles. The van der Waals surface area contributed by atoms with Crippen LogP contribution in [0.15, 0.2) is 39.9 Å². The number of hydrazone groups is 1. The van der Waals surface area contributed by atoms with Gasteiger partial charge in [-0.05, 0) is 46.3 Å². The van der Waals surface area contributed by atoms with Gasteiger partial charge < -0.3 is 24.3 Å². The molecule has 1 aliphatic rings. The minimum Gasteiger partial charge on any atom is -0.493 e. The summed E-state index contributed by atoms with van der Waals surface area (Å²) in [5, 5.41) is 6.40. The second kappa shape index (κ2) is 9.28. The second-order valence-electron chi connectivity index (χ2n) is 5.77. The van der Waals surface area contributed by atoms with Crippen molar-refractivity contribution in [2.75, 3.05) is 27.6 Å². The highest BCUT2D eigenvalue weighted by Crippen LogP contribution is 2.36. The maximum absolute atomic E-state index is 12.2. The third kappa shape index (κ3) is 4.96. The van der Waals surface area contributed by atoms with Crippen LogP contribution in [0.2, 0.25) is 0 Å². The van der Waals surface area contributed by atoms with Crippen LogP contribution in [-0.2, 0) is 4.79 Å². The Morgan fingerprint density at radius 3 is 2.59 bits per heavy atom. The number of hydrogen-bond acceptors (Lipinski definition) is 7. The van der Waals surface area contributed by atoms with Crippen molar-refractivity contribution < 1.29 is 28.5 Å². The Hall–Kier alpha value is -3.27. The molecule has 0 radical (unpaired) electrons. The van der Waals surface area contributed by atoms with Crippen LogP contribution in [0.1, 0.15) is 15.9 Å². The molecule has 1 heterocycles.